The molecule has 0 unspecified atom stereocenters. The number of amides is 2. The highest BCUT2D eigenvalue weighted by Crippen LogP contribution is 2.22. The van der Waals surface area contributed by atoms with Gasteiger partial charge >= 0.3 is 23.9 Å². The first-order chi connectivity index (χ1) is 52.4. The van der Waals surface area contributed by atoms with E-state index in [9.17, 15) is 28.8 Å². The zero-order chi connectivity index (χ0) is 78.0. The second-order valence-electron chi connectivity index (χ2n) is 32.6. The van der Waals surface area contributed by atoms with Crippen molar-refractivity contribution in [3.63, 3.8) is 0 Å². The van der Waals surface area contributed by atoms with Crippen LogP contribution >= 0.6 is 0 Å². The minimum atomic E-state index is -0.107. The van der Waals surface area contributed by atoms with Crippen LogP contribution in [0.1, 0.15) is 478 Å². The Morgan fingerprint density at radius 3 is 0.822 bits per heavy atom. The van der Waals surface area contributed by atoms with Gasteiger partial charge in [-0.1, -0.05) is 324 Å². The van der Waals surface area contributed by atoms with Gasteiger partial charge < -0.3 is 39.0 Å². The van der Waals surface area contributed by atoms with Crippen molar-refractivity contribution >= 4 is 35.7 Å². The lowest BCUT2D eigenvalue weighted by Crippen LogP contribution is -2.38. The van der Waals surface area contributed by atoms with Gasteiger partial charge in [-0.05, 0) is 142 Å². The zero-order valence-electron chi connectivity index (χ0n) is 72.2. The predicted molar refractivity (Wildman–Crippen MR) is 453 cm³/mol. The molecule has 0 saturated carbocycles. The molecule has 0 aromatic rings. The molecule has 0 heterocycles. The Labute approximate surface area is 663 Å². The number of hydrogen-bond acceptors (Lipinski definition) is 12. The molecule has 1 N–H and O–H groups in total. The Bertz CT molecular complexity index is 1910. The van der Waals surface area contributed by atoms with Crippen LogP contribution in [-0.4, -0.2) is 135 Å². The molecular formula is C93H180N4O10. The van der Waals surface area contributed by atoms with E-state index < -0.39 is 0 Å². The lowest BCUT2D eigenvalue weighted by atomic mass is 10.0. The number of nitrogens with one attached hydrogen (secondary N) is 1. The van der Waals surface area contributed by atoms with Crippen molar-refractivity contribution in [3.05, 3.63) is 0 Å². The van der Waals surface area contributed by atoms with E-state index in [1.807, 2.05) is 7.05 Å². The maximum Gasteiger partial charge on any atom is 0.306 e. The second kappa shape index (κ2) is 83.7. The van der Waals surface area contributed by atoms with Crippen LogP contribution in [0.2, 0.25) is 0 Å². The van der Waals surface area contributed by atoms with E-state index in [0.29, 0.717) is 52.0 Å². The standard InChI is InChI=1S/C93H180N4O10/c1-8-14-20-26-32-34-36-48-64-84-104-90(100)70-58-50-62-78-96(77-60-46-38-44-56-72-92(102)106-86(66-52-40-28-22-16-10-3)67-53-41-29-23-17-11-4)81-76-94-88(98)74-75-89(99)95(7)82-83-97(80-63-51-59-71-91(101)105-85-65-49-37-35-33-27-21-15-9-2)79-61-47-39-45-57-73-93(103)107-87(68-54-42-30-24-18-12-5)69-55-43-31-25-19-13-6/h86-87H,8-85H2,1-7H3,(H,94,98). The van der Waals surface area contributed by atoms with Gasteiger partial charge in [-0.2, -0.15) is 0 Å². The summed E-state index contributed by atoms with van der Waals surface area (Å²) in [5.74, 6) is -0.364. The Hall–Kier alpha value is -3.26. The summed E-state index contributed by atoms with van der Waals surface area (Å²) in [5, 5.41) is 3.13. The van der Waals surface area contributed by atoms with Gasteiger partial charge in [0.15, 0.2) is 0 Å². The summed E-state index contributed by atoms with van der Waals surface area (Å²) in [4.78, 5) is 85.1. The highest BCUT2D eigenvalue weighted by atomic mass is 16.6. The van der Waals surface area contributed by atoms with Gasteiger partial charge in [0.1, 0.15) is 12.2 Å². The van der Waals surface area contributed by atoms with Crippen molar-refractivity contribution in [2.24, 2.45) is 0 Å². The quantitative estimate of drug-likeness (QED) is 0.0349. The minimum absolute atomic E-state index is 0.0248. The van der Waals surface area contributed by atoms with Crippen molar-refractivity contribution in [2.45, 2.75) is 490 Å². The molecule has 107 heavy (non-hydrogen) atoms. The fourth-order valence-corrected chi connectivity index (χ4v) is 14.7. The highest BCUT2D eigenvalue weighted by molar-refractivity contribution is 5.83. The zero-order valence-corrected chi connectivity index (χ0v) is 72.2. The molecule has 0 aromatic heterocycles. The molecule has 0 fully saturated rings. The van der Waals surface area contributed by atoms with E-state index in [1.165, 1.54) is 218 Å². The van der Waals surface area contributed by atoms with Crippen LogP contribution in [0.4, 0.5) is 0 Å². The van der Waals surface area contributed by atoms with Crippen LogP contribution < -0.4 is 5.32 Å². The molecule has 0 spiro atoms. The Morgan fingerprint density at radius 2 is 0.505 bits per heavy atom. The second-order valence-corrected chi connectivity index (χ2v) is 32.6. The molecule has 0 aliphatic heterocycles. The Balaban J connectivity index is 5.46. The molecule has 0 rings (SSSR count). The maximum absolute atomic E-state index is 13.6. The van der Waals surface area contributed by atoms with Crippen LogP contribution in [-0.2, 0) is 47.7 Å². The number of carbonyl (C=O) groups is 6. The van der Waals surface area contributed by atoms with E-state index in [2.05, 4.69) is 56.7 Å². The summed E-state index contributed by atoms with van der Waals surface area (Å²) >= 11 is 0. The number of carbonyl (C=O) groups excluding carboxylic acids is 6. The fourth-order valence-electron chi connectivity index (χ4n) is 14.7. The van der Waals surface area contributed by atoms with Gasteiger partial charge in [-0.3, -0.25) is 28.8 Å². The summed E-state index contributed by atoms with van der Waals surface area (Å²) in [5.41, 5.74) is 0. The summed E-state index contributed by atoms with van der Waals surface area (Å²) in [6, 6.07) is 0. The monoisotopic (exact) mass is 1510 g/mol. The molecule has 14 nitrogen and oxygen atoms in total. The van der Waals surface area contributed by atoms with E-state index in [0.717, 1.165) is 219 Å². The third-order valence-corrected chi connectivity index (χ3v) is 22.1. The van der Waals surface area contributed by atoms with Gasteiger partial charge in [0, 0.05) is 71.8 Å². The van der Waals surface area contributed by atoms with Gasteiger partial charge in [0.05, 0.1) is 13.2 Å². The number of esters is 4. The third-order valence-electron chi connectivity index (χ3n) is 22.1. The molecule has 0 aliphatic carbocycles. The van der Waals surface area contributed by atoms with Gasteiger partial charge in [-0.15, -0.1) is 0 Å². The van der Waals surface area contributed by atoms with Crippen LogP contribution in [0.5, 0.6) is 0 Å². The molecule has 0 aliphatic rings. The minimum Gasteiger partial charge on any atom is -0.466 e. The van der Waals surface area contributed by atoms with Crippen LogP contribution in [0.15, 0.2) is 0 Å². The lowest BCUT2D eigenvalue weighted by molar-refractivity contribution is -0.151. The molecule has 14 heteroatoms. The normalized spacial score (nSPS) is 11.6. The number of likely N-dealkylation sites (N-methyl/N-ethyl adjacent to an activating group) is 1. The first-order valence-corrected chi connectivity index (χ1v) is 47.1. The number of rotatable bonds is 87. The molecule has 0 radical (unpaired) electrons. The number of unbranched alkanes of at least 4 members (excludes halogenated alkanes) is 48. The Kier molecular flexibility index (Phi) is 81.1. The largest absolute Gasteiger partial charge is 0.466 e. The number of nitrogens with zero attached hydrogens (tertiary/aromatic N) is 3. The van der Waals surface area contributed by atoms with Crippen molar-refractivity contribution < 1.29 is 47.7 Å². The first kappa shape index (κ1) is 104. The first-order valence-electron chi connectivity index (χ1n) is 47.1. The maximum atomic E-state index is 13.6. The van der Waals surface area contributed by atoms with Crippen LogP contribution in [0.25, 0.3) is 0 Å². The van der Waals surface area contributed by atoms with Crippen molar-refractivity contribution in [2.75, 3.05) is 72.6 Å². The molecule has 632 valence electrons. The van der Waals surface area contributed by atoms with Gasteiger partial charge in [-0.25, -0.2) is 0 Å². The molecule has 0 atom stereocenters. The summed E-state index contributed by atoms with van der Waals surface area (Å²) in [7, 11) is 1.86. The van der Waals surface area contributed by atoms with E-state index in [-0.39, 0.29) is 60.7 Å². The van der Waals surface area contributed by atoms with Crippen molar-refractivity contribution in [1.82, 2.24) is 20.0 Å². The third kappa shape index (κ3) is 76.5. The SMILES string of the molecule is CCCCCCCCCCCOC(=O)CCCCCN(CCCCCCCC(=O)OC(CCCCCCCC)CCCCCCCC)CCNC(=O)CCC(=O)N(C)CCN(CCCCCCCC(=O)OC(CCCCCCCC)CCCCCCCC)CCCCCC(=O)OCCCCCCCCCCC. The smallest absolute Gasteiger partial charge is 0.306 e. The van der Waals surface area contributed by atoms with Gasteiger partial charge in [0.2, 0.25) is 11.8 Å². The average molecular weight is 1510 g/mol. The Morgan fingerprint density at radius 1 is 0.252 bits per heavy atom. The summed E-state index contributed by atoms with van der Waals surface area (Å²) in [6.45, 7) is 20.8. The molecular weight excluding hydrogens is 1330 g/mol. The molecule has 0 bridgehead atoms. The number of hydrogen-bond donors (Lipinski definition) is 1. The highest BCUT2D eigenvalue weighted by Gasteiger charge is 2.19. The van der Waals surface area contributed by atoms with E-state index in [1.54, 1.807) is 4.90 Å². The average Bonchev–Trinajstić information content (AvgIpc) is 1.83. The topological polar surface area (TPSA) is 161 Å². The predicted octanol–water partition coefficient (Wildman–Crippen LogP) is 25.7. The molecule has 0 aromatic carbocycles. The van der Waals surface area contributed by atoms with E-state index in [4.69, 9.17) is 18.9 Å². The molecule has 2 amide bonds. The summed E-state index contributed by atoms with van der Waals surface area (Å²) < 4.78 is 23.5. The summed E-state index contributed by atoms with van der Waals surface area (Å²) in [6.07, 6.45) is 74.1. The van der Waals surface area contributed by atoms with Crippen LogP contribution in [0, 0.1) is 0 Å². The van der Waals surface area contributed by atoms with Crippen LogP contribution in [0.3, 0.4) is 0 Å². The van der Waals surface area contributed by atoms with E-state index >= 15 is 0 Å². The molecule has 0 saturated heterocycles. The van der Waals surface area contributed by atoms with Crippen molar-refractivity contribution in [3.8, 4) is 0 Å². The van der Waals surface area contributed by atoms with Crippen molar-refractivity contribution in [1.29, 1.82) is 0 Å². The number of ether oxygens (including phenoxy) is 4. The lowest BCUT2D eigenvalue weighted by Gasteiger charge is -2.26. The van der Waals surface area contributed by atoms with Gasteiger partial charge in [0.25, 0.3) is 0 Å². The fraction of sp³-hybridized carbons (Fsp3) is 0.935.